The molecule has 4 nitrogen and oxygen atoms in total. The molecule has 1 heterocycles. The monoisotopic (exact) mass is 218 g/mol. The normalized spacial score (nSPS) is 11.3. The van der Waals surface area contributed by atoms with Crippen LogP contribution in [0.15, 0.2) is 22.1 Å². The van der Waals surface area contributed by atoms with Crippen LogP contribution in [0.5, 0.6) is 0 Å². The van der Waals surface area contributed by atoms with Crippen LogP contribution in [0.2, 0.25) is 0 Å². The number of nitriles is 1. The second kappa shape index (κ2) is 5.17. The molecule has 0 aliphatic carbocycles. The van der Waals surface area contributed by atoms with E-state index in [4.69, 9.17) is 9.68 Å². The molecule has 0 unspecified atom stereocenters. The molecule has 0 saturated heterocycles. The van der Waals surface area contributed by atoms with Crippen molar-refractivity contribution >= 4 is 12.0 Å². The Labute approximate surface area is 94.6 Å². The van der Waals surface area contributed by atoms with Gasteiger partial charge in [0.2, 0.25) is 0 Å². The summed E-state index contributed by atoms with van der Waals surface area (Å²) in [6.07, 6.45) is 1.44. The molecule has 0 aromatic carbocycles. The number of aryl methyl sites for hydroxylation is 1. The smallest absolute Gasteiger partial charge is 0.262 e. The number of rotatable bonds is 3. The molecule has 1 N–H and O–H groups in total. The molecule has 0 saturated carbocycles. The van der Waals surface area contributed by atoms with Crippen molar-refractivity contribution in [3.8, 4) is 6.07 Å². The Morgan fingerprint density at radius 1 is 1.56 bits per heavy atom. The van der Waals surface area contributed by atoms with Crippen molar-refractivity contribution < 1.29 is 9.21 Å². The van der Waals surface area contributed by atoms with Crippen molar-refractivity contribution in [2.75, 3.05) is 0 Å². The third-order valence-corrected chi connectivity index (χ3v) is 1.83. The van der Waals surface area contributed by atoms with Gasteiger partial charge < -0.3 is 9.73 Å². The lowest BCUT2D eigenvalue weighted by Crippen LogP contribution is -2.30. The number of amides is 1. The first-order valence-electron chi connectivity index (χ1n) is 5.02. The molecule has 1 aromatic heterocycles. The van der Waals surface area contributed by atoms with Crippen LogP contribution >= 0.6 is 0 Å². The van der Waals surface area contributed by atoms with E-state index in [1.165, 1.54) is 6.08 Å². The fraction of sp³-hybridized carbons (Fsp3) is 0.333. The number of hydrogen-bond acceptors (Lipinski definition) is 3. The van der Waals surface area contributed by atoms with E-state index in [1.54, 1.807) is 19.1 Å². The molecule has 0 atom stereocenters. The number of nitrogens with zero attached hydrogens (tertiary/aromatic N) is 1. The predicted molar refractivity (Wildman–Crippen MR) is 60.3 cm³/mol. The van der Waals surface area contributed by atoms with Gasteiger partial charge in [-0.05, 0) is 32.9 Å². The Morgan fingerprint density at radius 2 is 2.25 bits per heavy atom. The maximum atomic E-state index is 11.6. The van der Waals surface area contributed by atoms with Crippen molar-refractivity contribution in [1.82, 2.24) is 5.32 Å². The fourth-order valence-corrected chi connectivity index (χ4v) is 1.16. The highest BCUT2D eigenvalue weighted by atomic mass is 16.3. The van der Waals surface area contributed by atoms with E-state index in [0.29, 0.717) is 5.76 Å². The van der Waals surface area contributed by atoms with Crippen LogP contribution in [0.1, 0.15) is 25.4 Å². The Kier molecular flexibility index (Phi) is 3.90. The average Bonchev–Trinajstić information content (AvgIpc) is 2.59. The number of nitrogens with one attached hydrogen (secondary N) is 1. The van der Waals surface area contributed by atoms with E-state index in [-0.39, 0.29) is 17.5 Å². The molecule has 84 valence electrons. The number of carbonyl (C=O) groups excluding carboxylic acids is 1. The minimum atomic E-state index is -0.383. The molecule has 0 aliphatic rings. The predicted octanol–water partition coefficient (Wildman–Crippen LogP) is 2.02. The first kappa shape index (κ1) is 12.1. The fourth-order valence-electron chi connectivity index (χ4n) is 1.16. The second-order valence-electron chi connectivity index (χ2n) is 3.75. The van der Waals surface area contributed by atoms with Gasteiger partial charge in [0.1, 0.15) is 23.2 Å². The summed E-state index contributed by atoms with van der Waals surface area (Å²) >= 11 is 0. The highest BCUT2D eigenvalue weighted by molar-refractivity contribution is 6.01. The Bertz CT molecular complexity index is 450. The Morgan fingerprint density at radius 3 is 2.69 bits per heavy atom. The molecule has 0 aliphatic heterocycles. The summed E-state index contributed by atoms with van der Waals surface area (Å²) in [5.41, 5.74) is 0.0445. The van der Waals surface area contributed by atoms with Gasteiger partial charge in [-0.2, -0.15) is 5.26 Å². The first-order chi connectivity index (χ1) is 7.52. The zero-order valence-corrected chi connectivity index (χ0v) is 9.57. The van der Waals surface area contributed by atoms with Crippen LogP contribution in [0.4, 0.5) is 0 Å². The molecule has 1 rings (SSSR count). The van der Waals surface area contributed by atoms with Gasteiger partial charge in [0.25, 0.3) is 5.91 Å². The number of hydrogen-bond donors (Lipinski definition) is 1. The summed E-state index contributed by atoms with van der Waals surface area (Å²) < 4.78 is 5.26. The van der Waals surface area contributed by atoms with E-state index < -0.39 is 0 Å². The molecule has 4 heteroatoms. The molecule has 0 fully saturated rings. The Balaban J connectivity index is 2.87. The van der Waals surface area contributed by atoms with Gasteiger partial charge in [-0.15, -0.1) is 0 Å². The van der Waals surface area contributed by atoms with E-state index in [0.717, 1.165) is 5.76 Å². The van der Waals surface area contributed by atoms with Crippen molar-refractivity contribution in [2.45, 2.75) is 26.8 Å². The molecule has 0 spiro atoms. The SMILES string of the molecule is Cc1ccc(/C=C(\C#N)C(=O)NC(C)C)o1. The minimum Gasteiger partial charge on any atom is -0.462 e. The van der Waals surface area contributed by atoms with Crippen LogP contribution in [0.3, 0.4) is 0 Å². The maximum Gasteiger partial charge on any atom is 0.262 e. The lowest BCUT2D eigenvalue weighted by atomic mass is 10.2. The maximum absolute atomic E-state index is 11.6. The van der Waals surface area contributed by atoms with Gasteiger partial charge in [-0.3, -0.25) is 4.79 Å². The number of carbonyl (C=O) groups is 1. The van der Waals surface area contributed by atoms with Crippen molar-refractivity contribution in [1.29, 1.82) is 5.26 Å². The summed E-state index contributed by atoms with van der Waals surface area (Å²) in [6, 6.07) is 5.35. The van der Waals surface area contributed by atoms with Gasteiger partial charge in [-0.1, -0.05) is 0 Å². The first-order valence-corrected chi connectivity index (χ1v) is 5.02. The summed E-state index contributed by atoms with van der Waals surface area (Å²) in [4.78, 5) is 11.6. The van der Waals surface area contributed by atoms with E-state index in [2.05, 4.69) is 5.32 Å². The van der Waals surface area contributed by atoms with Gasteiger partial charge >= 0.3 is 0 Å². The van der Waals surface area contributed by atoms with Crippen molar-refractivity contribution in [2.24, 2.45) is 0 Å². The lowest BCUT2D eigenvalue weighted by Gasteiger charge is -2.06. The molecule has 0 bridgehead atoms. The van der Waals surface area contributed by atoms with Crippen LogP contribution in [-0.2, 0) is 4.79 Å². The summed E-state index contributed by atoms with van der Waals surface area (Å²) in [5, 5.41) is 11.5. The third kappa shape index (κ3) is 3.28. The van der Waals surface area contributed by atoms with E-state index >= 15 is 0 Å². The summed E-state index contributed by atoms with van der Waals surface area (Å²) in [7, 11) is 0. The molecule has 1 aromatic rings. The minimum absolute atomic E-state index is 0.00240. The zero-order valence-electron chi connectivity index (χ0n) is 9.57. The van der Waals surface area contributed by atoms with Gasteiger partial charge in [-0.25, -0.2) is 0 Å². The number of furan rings is 1. The largest absolute Gasteiger partial charge is 0.462 e. The third-order valence-electron chi connectivity index (χ3n) is 1.83. The zero-order chi connectivity index (χ0) is 12.1. The lowest BCUT2D eigenvalue weighted by molar-refractivity contribution is -0.117. The Hall–Kier alpha value is -2.02. The molecule has 1 amide bonds. The van der Waals surface area contributed by atoms with E-state index in [9.17, 15) is 4.79 Å². The van der Waals surface area contributed by atoms with Gasteiger partial charge in [0.05, 0.1) is 0 Å². The highest BCUT2D eigenvalue weighted by Crippen LogP contribution is 2.11. The molecule has 16 heavy (non-hydrogen) atoms. The quantitative estimate of drug-likeness (QED) is 0.623. The van der Waals surface area contributed by atoms with Crippen molar-refractivity contribution in [3.63, 3.8) is 0 Å². The summed E-state index contributed by atoms with van der Waals surface area (Å²) in [6.45, 7) is 5.48. The van der Waals surface area contributed by atoms with Crippen LogP contribution in [0.25, 0.3) is 6.08 Å². The van der Waals surface area contributed by atoms with Gasteiger partial charge in [0.15, 0.2) is 0 Å². The van der Waals surface area contributed by atoms with Crippen molar-refractivity contribution in [3.05, 3.63) is 29.2 Å². The van der Waals surface area contributed by atoms with Gasteiger partial charge in [0, 0.05) is 12.1 Å². The van der Waals surface area contributed by atoms with Crippen LogP contribution < -0.4 is 5.32 Å². The topological polar surface area (TPSA) is 66.0 Å². The van der Waals surface area contributed by atoms with Crippen LogP contribution in [-0.4, -0.2) is 11.9 Å². The average molecular weight is 218 g/mol. The molecular formula is C12H14N2O2. The second-order valence-corrected chi connectivity index (χ2v) is 3.75. The van der Waals surface area contributed by atoms with Crippen LogP contribution in [0, 0.1) is 18.3 Å². The molecular weight excluding hydrogens is 204 g/mol. The standard InChI is InChI=1S/C12H14N2O2/c1-8(2)14-12(15)10(7-13)6-11-5-4-9(3)16-11/h4-6,8H,1-3H3,(H,14,15)/b10-6+. The summed E-state index contributed by atoms with van der Waals surface area (Å²) in [5.74, 6) is 0.868. The van der Waals surface area contributed by atoms with E-state index in [1.807, 2.05) is 19.9 Å². The molecule has 0 radical (unpaired) electrons. The highest BCUT2D eigenvalue weighted by Gasteiger charge is 2.10.